The number of carbonyl (C=O) groups is 1. The van der Waals surface area contributed by atoms with Crippen molar-refractivity contribution in [3.63, 3.8) is 0 Å². The Bertz CT molecular complexity index is 244. The van der Waals surface area contributed by atoms with Gasteiger partial charge in [-0.1, -0.05) is 6.92 Å². The van der Waals surface area contributed by atoms with Crippen LogP contribution < -0.4 is 5.32 Å². The molecule has 0 radical (unpaired) electrons. The van der Waals surface area contributed by atoms with Crippen LogP contribution in [0.4, 0.5) is 4.79 Å². The average molecular weight is 211 g/mol. The number of piperidine rings is 1. The van der Waals surface area contributed by atoms with E-state index in [1.165, 1.54) is 0 Å². The van der Waals surface area contributed by atoms with Crippen molar-refractivity contribution in [1.82, 2.24) is 15.1 Å². The number of amides is 2. The Morgan fingerprint density at radius 1 is 1.40 bits per heavy atom. The van der Waals surface area contributed by atoms with Crippen molar-refractivity contribution in [3.05, 3.63) is 0 Å². The van der Waals surface area contributed by atoms with Crippen molar-refractivity contribution in [1.29, 1.82) is 0 Å². The van der Waals surface area contributed by atoms with Gasteiger partial charge in [0.15, 0.2) is 0 Å². The van der Waals surface area contributed by atoms with Crippen LogP contribution in [0.1, 0.15) is 19.8 Å². The van der Waals surface area contributed by atoms with E-state index in [-0.39, 0.29) is 6.03 Å². The summed E-state index contributed by atoms with van der Waals surface area (Å²) in [5.41, 5.74) is 0. The molecule has 2 aliphatic rings. The molecule has 2 aliphatic heterocycles. The summed E-state index contributed by atoms with van der Waals surface area (Å²) in [6.07, 6.45) is 2.20. The summed E-state index contributed by atoms with van der Waals surface area (Å²) in [6.45, 7) is 6.25. The molecule has 1 N–H and O–H groups in total. The molecule has 15 heavy (non-hydrogen) atoms. The summed E-state index contributed by atoms with van der Waals surface area (Å²) < 4.78 is 0. The minimum Gasteiger partial charge on any atom is -0.338 e. The van der Waals surface area contributed by atoms with Gasteiger partial charge in [-0.15, -0.1) is 0 Å². The maximum absolute atomic E-state index is 11.7. The van der Waals surface area contributed by atoms with Crippen LogP contribution in [0.5, 0.6) is 0 Å². The lowest BCUT2D eigenvalue weighted by Gasteiger charge is -2.43. The van der Waals surface area contributed by atoms with Gasteiger partial charge in [0.05, 0.1) is 0 Å². The summed E-state index contributed by atoms with van der Waals surface area (Å²) >= 11 is 0. The Balaban J connectivity index is 1.99. The van der Waals surface area contributed by atoms with E-state index in [0.29, 0.717) is 12.0 Å². The first-order valence-electron chi connectivity index (χ1n) is 5.91. The van der Waals surface area contributed by atoms with Crippen LogP contribution in [0, 0.1) is 5.92 Å². The zero-order valence-electron chi connectivity index (χ0n) is 9.70. The molecular weight excluding hydrogens is 190 g/mol. The van der Waals surface area contributed by atoms with Crippen LogP contribution in [-0.2, 0) is 0 Å². The maximum atomic E-state index is 11.7. The fraction of sp³-hybridized carbons (Fsp3) is 0.909. The van der Waals surface area contributed by atoms with Gasteiger partial charge < -0.3 is 15.1 Å². The smallest absolute Gasteiger partial charge is 0.317 e. The Hall–Kier alpha value is -0.770. The van der Waals surface area contributed by atoms with Gasteiger partial charge in [0.1, 0.15) is 0 Å². The molecule has 2 rings (SSSR count). The molecule has 0 aromatic heterocycles. The monoisotopic (exact) mass is 211 g/mol. The summed E-state index contributed by atoms with van der Waals surface area (Å²) in [4.78, 5) is 16.1. The van der Waals surface area contributed by atoms with E-state index in [1.54, 1.807) is 0 Å². The van der Waals surface area contributed by atoms with Gasteiger partial charge in [-0.05, 0) is 32.4 Å². The highest BCUT2D eigenvalue weighted by atomic mass is 16.2. The fourth-order valence-corrected chi connectivity index (χ4v) is 2.77. The van der Waals surface area contributed by atoms with Crippen LogP contribution in [0.2, 0.25) is 0 Å². The number of hydrogen-bond acceptors (Lipinski definition) is 2. The predicted molar refractivity (Wildman–Crippen MR) is 59.8 cm³/mol. The molecule has 0 bridgehead atoms. The maximum Gasteiger partial charge on any atom is 0.317 e. The van der Waals surface area contributed by atoms with Gasteiger partial charge in [-0.3, -0.25) is 0 Å². The van der Waals surface area contributed by atoms with E-state index in [9.17, 15) is 4.79 Å². The quantitative estimate of drug-likeness (QED) is 0.694. The molecule has 4 nitrogen and oxygen atoms in total. The van der Waals surface area contributed by atoms with E-state index in [1.807, 2.05) is 4.90 Å². The van der Waals surface area contributed by atoms with Gasteiger partial charge >= 0.3 is 6.03 Å². The van der Waals surface area contributed by atoms with Crippen molar-refractivity contribution in [2.75, 3.05) is 33.2 Å². The van der Waals surface area contributed by atoms with Crippen LogP contribution in [0.15, 0.2) is 0 Å². The molecule has 2 atom stereocenters. The van der Waals surface area contributed by atoms with E-state index in [0.717, 1.165) is 39.0 Å². The molecule has 0 aromatic carbocycles. The molecule has 2 unspecified atom stereocenters. The molecule has 2 heterocycles. The summed E-state index contributed by atoms with van der Waals surface area (Å²) in [5, 5.41) is 2.93. The SMILES string of the molecule is CC1CN(C)CCC1N1CCCNC1=O. The molecule has 0 spiro atoms. The Kier molecular flexibility index (Phi) is 3.14. The first kappa shape index (κ1) is 10.7. The van der Waals surface area contributed by atoms with Crippen molar-refractivity contribution in [2.24, 2.45) is 5.92 Å². The summed E-state index contributed by atoms with van der Waals surface area (Å²) in [6, 6.07) is 0.587. The molecule has 0 aromatic rings. The highest BCUT2D eigenvalue weighted by molar-refractivity contribution is 5.75. The minimum atomic E-state index is 0.141. The van der Waals surface area contributed by atoms with Gasteiger partial charge in [0.2, 0.25) is 0 Å². The van der Waals surface area contributed by atoms with Crippen molar-refractivity contribution in [3.8, 4) is 0 Å². The van der Waals surface area contributed by atoms with Gasteiger partial charge in [0.25, 0.3) is 0 Å². The predicted octanol–water partition coefficient (Wildman–Crippen LogP) is 0.742. The zero-order valence-corrected chi connectivity index (χ0v) is 9.70. The summed E-state index contributed by atoms with van der Waals surface area (Å²) in [7, 11) is 2.16. The number of urea groups is 1. The second-order valence-corrected chi connectivity index (χ2v) is 4.87. The largest absolute Gasteiger partial charge is 0.338 e. The van der Waals surface area contributed by atoms with Gasteiger partial charge in [0, 0.05) is 25.7 Å². The minimum absolute atomic E-state index is 0.141. The molecule has 2 saturated heterocycles. The number of carbonyl (C=O) groups excluding carboxylic acids is 1. The number of likely N-dealkylation sites (tertiary alicyclic amines) is 1. The lowest BCUT2D eigenvalue weighted by atomic mass is 9.92. The Labute approximate surface area is 91.6 Å². The fourth-order valence-electron chi connectivity index (χ4n) is 2.77. The number of hydrogen-bond donors (Lipinski definition) is 1. The van der Waals surface area contributed by atoms with E-state index in [4.69, 9.17) is 0 Å². The second kappa shape index (κ2) is 4.39. The first-order valence-corrected chi connectivity index (χ1v) is 5.91. The van der Waals surface area contributed by atoms with E-state index < -0.39 is 0 Å². The number of rotatable bonds is 1. The van der Waals surface area contributed by atoms with Crippen molar-refractivity contribution in [2.45, 2.75) is 25.8 Å². The molecule has 86 valence electrons. The molecule has 2 fully saturated rings. The third-order valence-electron chi connectivity index (χ3n) is 3.58. The van der Waals surface area contributed by atoms with Crippen molar-refractivity contribution >= 4 is 6.03 Å². The lowest BCUT2D eigenvalue weighted by Crippen LogP contribution is -2.56. The molecule has 4 heteroatoms. The van der Waals surface area contributed by atoms with Crippen LogP contribution in [0.3, 0.4) is 0 Å². The van der Waals surface area contributed by atoms with E-state index in [2.05, 4.69) is 24.2 Å². The first-order chi connectivity index (χ1) is 7.18. The average Bonchev–Trinajstić information content (AvgIpc) is 2.20. The van der Waals surface area contributed by atoms with Crippen LogP contribution in [0.25, 0.3) is 0 Å². The van der Waals surface area contributed by atoms with E-state index >= 15 is 0 Å². The molecule has 0 saturated carbocycles. The van der Waals surface area contributed by atoms with Crippen molar-refractivity contribution < 1.29 is 4.79 Å². The van der Waals surface area contributed by atoms with Crippen LogP contribution in [-0.4, -0.2) is 55.1 Å². The van der Waals surface area contributed by atoms with Gasteiger partial charge in [-0.25, -0.2) is 4.79 Å². The Morgan fingerprint density at radius 3 is 2.87 bits per heavy atom. The highest BCUT2D eigenvalue weighted by Gasteiger charge is 2.32. The standard InChI is InChI=1S/C11H21N3O/c1-9-8-13(2)7-4-10(9)14-6-3-5-12-11(14)15/h9-10H,3-8H2,1-2H3,(H,12,15). The molecule has 0 aliphatic carbocycles. The number of nitrogens with zero attached hydrogens (tertiary/aromatic N) is 2. The highest BCUT2D eigenvalue weighted by Crippen LogP contribution is 2.22. The molecule has 2 amide bonds. The van der Waals surface area contributed by atoms with Gasteiger partial charge in [-0.2, -0.15) is 0 Å². The molecular formula is C11H21N3O. The topological polar surface area (TPSA) is 35.6 Å². The summed E-state index contributed by atoms with van der Waals surface area (Å²) in [5.74, 6) is 0.590. The third kappa shape index (κ3) is 2.25. The lowest BCUT2D eigenvalue weighted by molar-refractivity contribution is 0.0850. The zero-order chi connectivity index (χ0) is 10.8. The second-order valence-electron chi connectivity index (χ2n) is 4.87. The third-order valence-corrected chi connectivity index (χ3v) is 3.58. The normalized spacial score (nSPS) is 34.0. The Morgan fingerprint density at radius 2 is 2.20 bits per heavy atom. The van der Waals surface area contributed by atoms with Crippen LogP contribution >= 0.6 is 0 Å². The number of nitrogens with one attached hydrogen (secondary N) is 1.